The fraction of sp³-hybridized carbons (Fsp3) is 0.700. The van der Waals surface area contributed by atoms with Crippen LogP contribution in [0.5, 0.6) is 0 Å². The molecular weight excluding hydrogens is 214 g/mol. The summed E-state index contributed by atoms with van der Waals surface area (Å²) in [5, 5.41) is 11.2. The van der Waals surface area contributed by atoms with Crippen molar-refractivity contribution in [2.24, 2.45) is 11.8 Å². The number of ether oxygens (including phenoxy) is 1. The number of carbonyl (C=O) groups is 3. The van der Waals surface area contributed by atoms with Gasteiger partial charge in [0.2, 0.25) is 5.91 Å². The fourth-order valence-electron chi connectivity index (χ4n) is 1.82. The van der Waals surface area contributed by atoms with Gasteiger partial charge in [-0.25, -0.2) is 0 Å². The van der Waals surface area contributed by atoms with E-state index < -0.39 is 17.9 Å². The van der Waals surface area contributed by atoms with Crippen LogP contribution in [-0.2, 0) is 19.1 Å². The van der Waals surface area contributed by atoms with E-state index in [1.807, 2.05) is 0 Å². The van der Waals surface area contributed by atoms with Gasteiger partial charge in [0.25, 0.3) is 0 Å². The highest BCUT2D eigenvalue weighted by molar-refractivity contribution is 5.84. The molecule has 16 heavy (non-hydrogen) atoms. The predicted octanol–water partition coefficient (Wildman–Crippen LogP) is -0.224. The van der Waals surface area contributed by atoms with Crippen LogP contribution in [0.3, 0.4) is 0 Å². The molecule has 6 heteroatoms. The number of hydrogen-bond donors (Lipinski definition) is 2. The van der Waals surface area contributed by atoms with E-state index >= 15 is 0 Å². The summed E-state index contributed by atoms with van der Waals surface area (Å²) in [6, 6.07) is 0. The van der Waals surface area contributed by atoms with E-state index in [2.05, 4.69) is 10.1 Å². The highest BCUT2D eigenvalue weighted by Gasteiger charge is 2.33. The van der Waals surface area contributed by atoms with Crippen LogP contribution < -0.4 is 5.32 Å². The lowest BCUT2D eigenvalue weighted by molar-refractivity contribution is -0.143. The Morgan fingerprint density at radius 1 is 1.31 bits per heavy atom. The molecule has 0 aromatic carbocycles. The number of amides is 1. The topological polar surface area (TPSA) is 92.7 Å². The smallest absolute Gasteiger partial charge is 0.325 e. The lowest BCUT2D eigenvalue weighted by Gasteiger charge is -2.09. The van der Waals surface area contributed by atoms with E-state index in [1.54, 1.807) is 0 Å². The number of carboxylic acid groups (broad SMARTS) is 1. The molecule has 0 saturated heterocycles. The van der Waals surface area contributed by atoms with Crippen molar-refractivity contribution in [1.29, 1.82) is 0 Å². The van der Waals surface area contributed by atoms with Crippen LogP contribution in [0, 0.1) is 11.8 Å². The molecule has 2 N–H and O–H groups in total. The van der Waals surface area contributed by atoms with Crippen molar-refractivity contribution >= 4 is 17.8 Å². The molecule has 2 unspecified atom stereocenters. The number of carbonyl (C=O) groups excluding carboxylic acids is 2. The minimum Gasteiger partial charge on any atom is -0.481 e. The van der Waals surface area contributed by atoms with Gasteiger partial charge in [-0.1, -0.05) is 0 Å². The first kappa shape index (κ1) is 12.5. The average molecular weight is 229 g/mol. The van der Waals surface area contributed by atoms with Crippen molar-refractivity contribution in [3.05, 3.63) is 0 Å². The molecule has 1 amide bonds. The average Bonchev–Trinajstić information content (AvgIpc) is 2.74. The Morgan fingerprint density at radius 2 is 1.94 bits per heavy atom. The molecular formula is C10H15NO5. The van der Waals surface area contributed by atoms with Gasteiger partial charge in [-0.15, -0.1) is 0 Å². The molecule has 0 radical (unpaired) electrons. The minimum absolute atomic E-state index is 0.163. The molecule has 2 atom stereocenters. The van der Waals surface area contributed by atoms with Crippen LogP contribution >= 0.6 is 0 Å². The van der Waals surface area contributed by atoms with Crippen LogP contribution in [-0.4, -0.2) is 36.6 Å². The SMILES string of the molecule is COC(=O)CNC(=O)C1CCC(C(=O)O)C1. The van der Waals surface area contributed by atoms with Crippen molar-refractivity contribution in [2.75, 3.05) is 13.7 Å². The van der Waals surface area contributed by atoms with E-state index in [-0.39, 0.29) is 18.4 Å². The summed E-state index contributed by atoms with van der Waals surface area (Å²) < 4.78 is 4.37. The molecule has 6 nitrogen and oxygen atoms in total. The van der Waals surface area contributed by atoms with E-state index in [0.29, 0.717) is 19.3 Å². The first-order chi connectivity index (χ1) is 7.54. The van der Waals surface area contributed by atoms with Gasteiger partial charge in [0, 0.05) is 5.92 Å². The highest BCUT2D eigenvalue weighted by atomic mass is 16.5. The molecule has 1 saturated carbocycles. The Labute approximate surface area is 93.0 Å². The minimum atomic E-state index is -0.858. The number of esters is 1. The van der Waals surface area contributed by atoms with Gasteiger partial charge >= 0.3 is 11.9 Å². The summed E-state index contributed by atoms with van der Waals surface area (Å²) in [6.45, 7) is -0.163. The maximum absolute atomic E-state index is 11.5. The zero-order chi connectivity index (χ0) is 12.1. The third-order valence-corrected chi connectivity index (χ3v) is 2.79. The quantitative estimate of drug-likeness (QED) is 0.650. The first-order valence-electron chi connectivity index (χ1n) is 5.12. The number of aliphatic carboxylic acids is 1. The third kappa shape index (κ3) is 3.22. The Bertz CT molecular complexity index is 302. The zero-order valence-electron chi connectivity index (χ0n) is 9.06. The van der Waals surface area contributed by atoms with Crippen LogP contribution in [0.2, 0.25) is 0 Å². The maximum atomic E-state index is 11.5. The normalized spacial score (nSPS) is 23.8. The molecule has 0 aromatic rings. The van der Waals surface area contributed by atoms with Crippen molar-refractivity contribution in [2.45, 2.75) is 19.3 Å². The molecule has 1 aliphatic carbocycles. The van der Waals surface area contributed by atoms with E-state index in [0.717, 1.165) is 0 Å². The second kappa shape index (κ2) is 5.48. The standard InChI is InChI=1S/C10H15NO5/c1-16-8(12)5-11-9(13)6-2-3-7(4-6)10(14)15/h6-7H,2-5H2,1H3,(H,11,13)(H,14,15). The summed E-state index contributed by atoms with van der Waals surface area (Å²) in [5.41, 5.74) is 0. The van der Waals surface area contributed by atoms with E-state index in [4.69, 9.17) is 5.11 Å². The summed E-state index contributed by atoms with van der Waals surface area (Å²) >= 11 is 0. The monoisotopic (exact) mass is 229 g/mol. The zero-order valence-corrected chi connectivity index (χ0v) is 9.06. The summed E-state index contributed by atoms with van der Waals surface area (Å²) in [6.07, 6.45) is 1.43. The van der Waals surface area contributed by atoms with E-state index in [9.17, 15) is 14.4 Å². The lowest BCUT2D eigenvalue weighted by atomic mass is 10.0. The van der Waals surface area contributed by atoms with Crippen LogP contribution in [0.15, 0.2) is 0 Å². The lowest BCUT2D eigenvalue weighted by Crippen LogP contribution is -2.34. The van der Waals surface area contributed by atoms with Gasteiger partial charge < -0.3 is 15.2 Å². The Hall–Kier alpha value is -1.59. The van der Waals surface area contributed by atoms with Crippen molar-refractivity contribution < 1.29 is 24.2 Å². The predicted molar refractivity (Wildman–Crippen MR) is 53.5 cm³/mol. The van der Waals surface area contributed by atoms with Gasteiger partial charge in [-0.3, -0.25) is 14.4 Å². The number of hydrogen-bond acceptors (Lipinski definition) is 4. The Kier molecular flexibility index (Phi) is 4.28. The second-order valence-electron chi connectivity index (χ2n) is 3.84. The van der Waals surface area contributed by atoms with Crippen LogP contribution in [0.1, 0.15) is 19.3 Å². The van der Waals surface area contributed by atoms with Gasteiger partial charge in [0.15, 0.2) is 0 Å². The molecule has 1 rings (SSSR count). The first-order valence-corrected chi connectivity index (χ1v) is 5.12. The van der Waals surface area contributed by atoms with Gasteiger partial charge in [0.05, 0.1) is 13.0 Å². The second-order valence-corrected chi connectivity index (χ2v) is 3.84. The summed E-state index contributed by atoms with van der Waals surface area (Å²) in [5.74, 6) is -2.38. The number of nitrogens with one attached hydrogen (secondary N) is 1. The molecule has 0 heterocycles. The molecule has 0 bridgehead atoms. The molecule has 90 valence electrons. The van der Waals surface area contributed by atoms with Crippen LogP contribution in [0.4, 0.5) is 0 Å². The maximum Gasteiger partial charge on any atom is 0.325 e. The third-order valence-electron chi connectivity index (χ3n) is 2.79. The number of carboxylic acids is 1. The Morgan fingerprint density at radius 3 is 2.44 bits per heavy atom. The van der Waals surface area contributed by atoms with Gasteiger partial charge in [-0.2, -0.15) is 0 Å². The molecule has 0 aliphatic heterocycles. The van der Waals surface area contributed by atoms with E-state index in [1.165, 1.54) is 7.11 Å². The molecule has 0 aromatic heterocycles. The highest BCUT2D eigenvalue weighted by Crippen LogP contribution is 2.30. The summed E-state index contributed by atoms with van der Waals surface area (Å²) in [4.78, 5) is 33.0. The van der Waals surface area contributed by atoms with Crippen LogP contribution in [0.25, 0.3) is 0 Å². The molecule has 1 fully saturated rings. The van der Waals surface area contributed by atoms with Gasteiger partial charge in [-0.05, 0) is 19.3 Å². The molecule has 0 spiro atoms. The molecule has 1 aliphatic rings. The number of methoxy groups -OCH3 is 1. The van der Waals surface area contributed by atoms with Crippen molar-refractivity contribution in [3.63, 3.8) is 0 Å². The fourth-order valence-corrected chi connectivity index (χ4v) is 1.82. The van der Waals surface area contributed by atoms with Gasteiger partial charge in [0.1, 0.15) is 6.54 Å². The Balaban J connectivity index is 2.34. The largest absolute Gasteiger partial charge is 0.481 e. The summed E-state index contributed by atoms with van der Waals surface area (Å²) in [7, 11) is 1.24. The number of rotatable bonds is 4. The van der Waals surface area contributed by atoms with Crippen molar-refractivity contribution in [3.8, 4) is 0 Å². The van der Waals surface area contributed by atoms with Crippen molar-refractivity contribution in [1.82, 2.24) is 5.32 Å².